The van der Waals surface area contributed by atoms with E-state index in [2.05, 4.69) is 5.32 Å². The van der Waals surface area contributed by atoms with Crippen LogP contribution in [-0.2, 0) is 4.79 Å². The van der Waals surface area contributed by atoms with E-state index < -0.39 is 17.9 Å². The molecular weight excluding hydrogens is 349 g/mol. The molecule has 1 aromatic rings. The van der Waals surface area contributed by atoms with Gasteiger partial charge in [-0.15, -0.1) is 0 Å². The van der Waals surface area contributed by atoms with Gasteiger partial charge in [0.15, 0.2) is 0 Å². The predicted molar refractivity (Wildman–Crippen MR) is 74.6 cm³/mol. The maximum absolute atomic E-state index is 11.8. The number of benzene rings is 1. The van der Waals surface area contributed by atoms with E-state index in [-0.39, 0.29) is 11.3 Å². The number of phenolic OH excluding ortho intramolecular Hbond substituents is 1. The Kier molecular flexibility index (Phi) is 5.39. The molecule has 0 aromatic heterocycles. The molecule has 0 fully saturated rings. The molecule has 0 spiro atoms. The normalized spacial score (nSPS) is 11.9. The Bertz CT molecular complexity index is 461. The number of phenols is 1. The minimum Gasteiger partial charge on any atom is -0.507 e. The molecule has 0 bridgehead atoms. The van der Waals surface area contributed by atoms with Crippen LogP contribution in [0.15, 0.2) is 18.2 Å². The van der Waals surface area contributed by atoms with Gasteiger partial charge >= 0.3 is 5.97 Å². The van der Waals surface area contributed by atoms with Gasteiger partial charge in [-0.25, -0.2) is 4.79 Å². The Hall–Kier alpha value is -1.31. The molecule has 1 unspecified atom stereocenters. The van der Waals surface area contributed by atoms with E-state index in [4.69, 9.17) is 5.11 Å². The maximum atomic E-state index is 11.8. The lowest BCUT2D eigenvalue weighted by atomic mass is 10.1. The van der Waals surface area contributed by atoms with Crippen molar-refractivity contribution in [2.45, 2.75) is 25.8 Å². The van der Waals surface area contributed by atoms with Crippen LogP contribution in [0.5, 0.6) is 5.75 Å². The number of rotatable bonds is 5. The van der Waals surface area contributed by atoms with Crippen LogP contribution in [0.3, 0.4) is 0 Å². The van der Waals surface area contributed by atoms with E-state index in [1.165, 1.54) is 6.07 Å². The summed E-state index contributed by atoms with van der Waals surface area (Å²) in [6, 6.07) is 3.56. The molecule has 5 nitrogen and oxygen atoms in total. The SMILES string of the molecule is CCCC(NC(=O)c1ccc(I)c(O)c1)C(=O)O. The topological polar surface area (TPSA) is 86.6 Å². The number of aromatic hydroxyl groups is 1. The highest BCUT2D eigenvalue weighted by atomic mass is 127. The second-order valence-electron chi connectivity index (χ2n) is 3.82. The molecule has 1 rings (SSSR count). The minimum absolute atomic E-state index is 0.00520. The number of hydrogen-bond donors (Lipinski definition) is 3. The Balaban J connectivity index is 2.80. The van der Waals surface area contributed by atoms with Crippen molar-refractivity contribution in [2.75, 3.05) is 0 Å². The summed E-state index contributed by atoms with van der Waals surface area (Å²) in [5, 5.41) is 20.9. The maximum Gasteiger partial charge on any atom is 0.326 e. The van der Waals surface area contributed by atoms with Crippen molar-refractivity contribution in [1.82, 2.24) is 5.32 Å². The van der Waals surface area contributed by atoms with Gasteiger partial charge in [0, 0.05) is 5.56 Å². The molecule has 1 amide bonds. The first-order chi connectivity index (χ1) is 8.45. The summed E-state index contributed by atoms with van der Waals surface area (Å²) in [5.74, 6) is -1.55. The van der Waals surface area contributed by atoms with Crippen LogP contribution in [0.4, 0.5) is 0 Å². The van der Waals surface area contributed by atoms with Crippen LogP contribution < -0.4 is 5.32 Å². The van der Waals surface area contributed by atoms with E-state index in [0.29, 0.717) is 16.4 Å². The summed E-state index contributed by atoms with van der Waals surface area (Å²) in [4.78, 5) is 22.7. The molecule has 0 heterocycles. The Morgan fingerprint density at radius 2 is 2.11 bits per heavy atom. The Morgan fingerprint density at radius 3 is 2.61 bits per heavy atom. The second-order valence-corrected chi connectivity index (χ2v) is 4.98. The predicted octanol–water partition coefficient (Wildman–Crippen LogP) is 1.98. The quantitative estimate of drug-likeness (QED) is 0.699. The van der Waals surface area contributed by atoms with Gasteiger partial charge in [0.1, 0.15) is 11.8 Å². The van der Waals surface area contributed by atoms with Crippen LogP contribution in [0.1, 0.15) is 30.1 Å². The number of hydrogen-bond acceptors (Lipinski definition) is 3. The summed E-state index contributed by atoms with van der Waals surface area (Å²) in [6.07, 6.45) is 1.03. The van der Waals surface area contributed by atoms with Crippen molar-refractivity contribution in [3.8, 4) is 5.75 Å². The lowest BCUT2D eigenvalue weighted by Crippen LogP contribution is -2.40. The van der Waals surface area contributed by atoms with Crippen molar-refractivity contribution >= 4 is 34.5 Å². The summed E-state index contributed by atoms with van der Waals surface area (Å²) in [6.45, 7) is 1.85. The third kappa shape index (κ3) is 3.86. The minimum atomic E-state index is -1.06. The summed E-state index contributed by atoms with van der Waals surface area (Å²) < 4.78 is 0.632. The van der Waals surface area contributed by atoms with Crippen molar-refractivity contribution in [3.63, 3.8) is 0 Å². The number of carboxylic acid groups (broad SMARTS) is 1. The van der Waals surface area contributed by atoms with Gasteiger partial charge in [-0.3, -0.25) is 4.79 Å². The van der Waals surface area contributed by atoms with Gasteiger partial charge in [-0.1, -0.05) is 13.3 Å². The van der Waals surface area contributed by atoms with Crippen molar-refractivity contribution in [2.24, 2.45) is 0 Å². The number of halogens is 1. The zero-order valence-corrected chi connectivity index (χ0v) is 12.0. The summed E-state index contributed by atoms with van der Waals surface area (Å²) in [7, 11) is 0. The highest BCUT2D eigenvalue weighted by Crippen LogP contribution is 2.20. The van der Waals surface area contributed by atoms with Gasteiger partial charge in [0.25, 0.3) is 5.91 Å². The van der Waals surface area contributed by atoms with Crippen molar-refractivity contribution in [1.29, 1.82) is 0 Å². The molecule has 98 valence electrons. The third-order valence-corrected chi connectivity index (χ3v) is 3.30. The van der Waals surface area contributed by atoms with Gasteiger partial charge in [0.05, 0.1) is 3.57 Å². The monoisotopic (exact) mass is 363 g/mol. The summed E-state index contributed by atoms with van der Waals surface area (Å²) in [5.41, 5.74) is 0.246. The number of carboxylic acids is 1. The van der Waals surface area contributed by atoms with Gasteiger partial charge in [0.2, 0.25) is 0 Å². The molecular formula is C12H14INO4. The fraction of sp³-hybridized carbons (Fsp3) is 0.333. The van der Waals surface area contributed by atoms with Crippen molar-refractivity contribution in [3.05, 3.63) is 27.3 Å². The molecule has 18 heavy (non-hydrogen) atoms. The number of carbonyl (C=O) groups is 2. The van der Waals surface area contributed by atoms with Crippen LogP contribution in [-0.4, -0.2) is 28.1 Å². The molecule has 0 saturated heterocycles. The lowest BCUT2D eigenvalue weighted by Gasteiger charge is -2.13. The fourth-order valence-corrected chi connectivity index (χ4v) is 1.78. The number of nitrogens with one attached hydrogen (secondary N) is 1. The van der Waals surface area contributed by atoms with E-state index in [1.54, 1.807) is 12.1 Å². The Labute approximate surface area is 118 Å². The zero-order chi connectivity index (χ0) is 13.7. The molecule has 0 saturated carbocycles. The molecule has 1 atom stereocenters. The molecule has 3 N–H and O–H groups in total. The first-order valence-electron chi connectivity index (χ1n) is 5.48. The van der Waals surface area contributed by atoms with E-state index in [9.17, 15) is 14.7 Å². The second kappa shape index (κ2) is 6.58. The van der Waals surface area contributed by atoms with Crippen molar-refractivity contribution < 1.29 is 19.8 Å². The smallest absolute Gasteiger partial charge is 0.326 e. The molecule has 6 heteroatoms. The molecule has 0 aliphatic carbocycles. The number of amides is 1. The lowest BCUT2D eigenvalue weighted by molar-refractivity contribution is -0.139. The average Bonchev–Trinajstić information content (AvgIpc) is 2.31. The van der Waals surface area contributed by atoms with E-state index >= 15 is 0 Å². The Morgan fingerprint density at radius 1 is 1.44 bits per heavy atom. The van der Waals surface area contributed by atoms with Crippen LogP contribution in [0.25, 0.3) is 0 Å². The highest BCUT2D eigenvalue weighted by Gasteiger charge is 2.19. The van der Waals surface area contributed by atoms with Crippen LogP contribution >= 0.6 is 22.6 Å². The standard InChI is InChI=1S/C12H14INO4/c1-2-3-9(12(17)18)14-11(16)7-4-5-8(13)10(15)6-7/h4-6,9,15H,2-3H2,1H3,(H,14,16)(H,17,18). The first-order valence-corrected chi connectivity index (χ1v) is 6.55. The largest absolute Gasteiger partial charge is 0.507 e. The number of carbonyl (C=O) groups excluding carboxylic acids is 1. The molecule has 0 aliphatic rings. The third-order valence-electron chi connectivity index (χ3n) is 2.39. The molecule has 0 radical (unpaired) electrons. The first kappa shape index (κ1) is 14.7. The average molecular weight is 363 g/mol. The fourth-order valence-electron chi connectivity index (χ4n) is 1.44. The van der Waals surface area contributed by atoms with Gasteiger partial charge < -0.3 is 15.5 Å². The van der Waals surface area contributed by atoms with Gasteiger partial charge in [-0.05, 0) is 47.2 Å². The van der Waals surface area contributed by atoms with E-state index in [1.807, 2.05) is 29.5 Å². The van der Waals surface area contributed by atoms with Crippen LogP contribution in [0, 0.1) is 3.57 Å². The molecule has 0 aliphatic heterocycles. The number of aliphatic carboxylic acids is 1. The molecule has 1 aromatic carbocycles. The van der Waals surface area contributed by atoms with Gasteiger partial charge in [-0.2, -0.15) is 0 Å². The highest BCUT2D eigenvalue weighted by molar-refractivity contribution is 14.1. The summed E-state index contributed by atoms with van der Waals surface area (Å²) >= 11 is 1.94. The van der Waals surface area contributed by atoms with E-state index in [0.717, 1.165) is 0 Å². The zero-order valence-electron chi connectivity index (χ0n) is 9.81. The van der Waals surface area contributed by atoms with Crippen LogP contribution in [0.2, 0.25) is 0 Å².